The van der Waals surface area contributed by atoms with Gasteiger partial charge in [0.2, 0.25) is 5.91 Å². The molecular weight excluding hydrogens is 391 g/mol. The minimum absolute atomic E-state index is 0.136. The van der Waals surface area contributed by atoms with E-state index in [1.54, 1.807) is 19.2 Å². The van der Waals surface area contributed by atoms with Crippen molar-refractivity contribution in [2.75, 3.05) is 20.2 Å². The molecule has 4 nitrogen and oxygen atoms in total. The number of amides is 1. The van der Waals surface area contributed by atoms with Crippen molar-refractivity contribution in [3.63, 3.8) is 0 Å². The van der Waals surface area contributed by atoms with Gasteiger partial charge < -0.3 is 9.64 Å². The second-order valence-electron chi connectivity index (χ2n) is 8.03. The minimum Gasteiger partial charge on any atom is -0.497 e. The molecule has 4 rings (SSSR count). The first-order valence-electron chi connectivity index (χ1n) is 10.7. The van der Waals surface area contributed by atoms with Crippen LogP contribution in [0, 0.1) is 5.82 Å². The fourth-order valence-electron chi connectivity index (χ4n) is 4.14. The van der Waals surface area contributed by atoms with Crippen molar-refractivity contribution in [1.82, 2.24) is 9.88 Å². The fraction of sp³-hybridized carbons (Fsp3) is 0.308. The Morgan fingerprint density at radius 2 is 1.90 bits per heavy atom. The maximum Gasteiger partial charge on any atom is 0.227 e. The molecule has 2 aromatic carbocycles. The Hall–Kier alpha value is -3.21. The first-order valence-corrected chi connectivity index (χ1v) is 10.7. The van der Waals surface area contributed by atoms with Gasteiger partial charge in [-0.2, -0.15) is 0 Å². The Morgan fingerprint density at radius 3 is 2.68 bits per heavy atom. The van der Waals surface area contributed by atoms with Crippen LogP contribution >= 0.6 is 0 Å². The molecule has 31 heavy (non-hydrogen) atoms. The quantitative estimate of drug-likeness (QED) is 0.579. The third-order valence-corrected chi connectivity index (χ3v) is 5.86. The summed E-state index contributed by atoms with van der Waals surface area (Å²) >= 11 is 0. The highest BCUT2D eigenvalue weighted by atomic mass is 19.1. The van der Waals surface area contributed by atoms with Gasteiger partial charge in [0, 0.05) is 36.8 Å². The molecule has 1 unspecified atom stereocenters. The number of likely N-dealkylation sites (tertiary alicyclic amines) is 1. The highest BCUT2D eigenvalue weighted by molar-refractivity contribution is 5.79. The van der Waals surface area contributed by atoms with Crippen molar-refractivity contribution in [2.45, 2.75) is 31.6 Å². The van der Waals surface area contributed by atoms with Gasteiger partial charge in [-0.15, -0.1) is 0 Å². The van der Waals surface area contributed by atoms with E-state index in [0.29, 0.717) is 24.9 Å². The fourth-order valence-corrected chi connectivity index (χ4v) is 4.14. The number of carbonyl (C=O) groups excluding carboxylic acids is 1. The summed E-state index contributed by atoms with van der Waals surface area (Å²) in [5.74, 6) is 0.921. The van der Waals surface area contributed by atoms with Crippen molar-refractivity contribution in [3.8, 4) is 5.75 Å². The van der Waals surface area contributed by atoms with Crippen molar-refractivity contribution >= 4 is 5.91 Å². The molecule has 1 amide bonds. The van der Waals surface area contributed by atoms with Crippen molar-refractivity contribution in [2.24, 2.45) is 0 Å². The molecule has 160 valence electrons. The number of pyridine rings is 1. The van der Waals surface area contributed by atoms with E-state index < -0.39 is 0 Å². The smallest absolute Gasteiger partial charge is 0.227 e. The third kappa shape index (κ3) is 5.29. The van der Waals surface area contributed by atoms with Crippen LogP contribution in [-0.2, 0) is 17.6 Å². The van der Waals surface area contributed by atoms with Crippen LogP contribution in [0.3, 0.4) is 0 Å². The van der Waals surface area contributed by atoms with E-state index in [1.165, 1.54) is 6.07 Å². The van der Waals surface area contributed by atoms with Gasteiger partial charge in [-0.05, 0) is 54.3 Å². The first kappa shape index (κ1) is 21.0. The number of piperidine rings is 1. The zero-order chi connectivity index (χ0) is 21.6. The molecule has 2 heterocycles. The molecular formula is C26H27FN2O2. The Morgan fingerprint density at radius 1 is 1.10 bits per heavy atom. The predicted octanol–water partition coefficient (Wildman–Crippen LogP) is 4.77. The highest BCUT2D eigenvalue weighted by Gasteiger charge is 2.25. The summed E-state index contributed by atoms with van der Waals surface area (Å²) in [7, 11) is 1.63. The number of benzene rings is 2. The van der Waals surface area contributed by atoms with Crippen LogP contribution in [0.2, 0.25) is 0 Å². The molecule has 1 aliphatic rings. The lowest BCUT2D eigenvalue weighted by Gasteiger charge is -2.32. The lowest BCUT2D eigenvalue weighted by atomic mass is 9.93. The summed E-state index contributed by atoms with van der Waals surface area (Å²) in [6.07, 6.45) is 2.81. The van der Waals surface area contributed by atoms with Gasteiger partial charge in [0.1, 0.15) is 11.6 Å². The van der Waals surface area contributed by atoms with E-state index in [9.17, 15) is 9.18 Å². The molecule has 0 radical (unpaired) electrons. The second kappa shape index (κ2) is 9.73. The van der Waals surface area contributed by atoms with E-state index in [0.717, 1.165) is 42.1 Å². The first-order chi connectivity index (χ1) is 15.1. The molecule has 0 N–H and O–H groups in total. The molecule has 1 saturated heterocycles. The van der Waals surface area contributed by atoms with Crippen LogP contribution in [0.4, 0.5) is 4.39 Å². The van der Waals surface area contributed by atoms with Crippen molar-refractivity contribution in [3.05, 3.63) is 95.1 Å². The number of halogens is 1. The Bertz CT molecular complexity index is 1040. The van der Waals surface area contributed by atoms with Crippen LogP contribution in [0.5, 0.6) is 5.75 Å². The lowest BCUT2D eigenvalue weighted by Crippen LogP contribution is -2.40. The molecule has 1 aliphatic heterocycles. The molecule has 0 aliphatic carbocycles. The molecule has 1 fully saturated rings. The minimum atomic E-state index is -0.206. The number of carbonyl (C=O) groups is 1. The summed E-state index contributed by atoms with van der Waals surface area (Å²) in [5.41, 5.74) is 3.46. The van der Waals surface area contributed by atoms with Crippen molar-refractivity contribution in [1.29, 1.82) is 0 Å². The third-order valence-electron chi connectivity index (χ3n) is 5.86. The zero-order valence-corrected chi connectivity index (χ0v) is 17.8. The van der Waals surface area contributed by atoms with Gasteiger partial charge >= 0.3 is 0 Å². The summed E-state index contributed by atoms with van der Waals surface area (Å²) in [6.45, 7) is 1.45. The van der Waals surface area contributed by atoms with Crippen molar-refractivity contribution < 1.29 is 13.9 Å². The number of aromatic nitrogens is 1. The molecule has 1 atom stereocenters. The summed E-state index contributed by atoms with van der Waals surface area (Å²) in [6, 6.07) is 20.4. The van der Waals surface area contributed by atoms with Crippen LogP contribution in [0.15, 0.2) is 66.7 Å². The topological polar surface area (TPSA) is 42.4 Å². The Labute approximate surface area is 182 Å². The van der Waals surface area contributed by atoms with Gasteiger partial charge in [0.05, 0.1) is 13.5 Å². The molecule has 0 spiro atoms. The van der Waals surface area contributed by atoms with Gasteiger partial charge in [0.25, 0.3) is 0 Å². The van der Waals surface area contributed by atoms with Gasteiger partial charge in [-0.1, -0.05) is 36.4 Å². The van der Waals surface area contributed by atoms with E-state index >= 15 is 0 Å². The molecule has 5 heteroatoms. The number of rotatable bonds is 6. The second-order valence-corrected chi connectivity index (χ2v) is 8.03. The lowest BCUT2D eigenvalue weighted by molar-refractivity contribution is -0.131. The monoisotopic (exact) mass is 418 g/mol. The van der Waals surface area contributed by atoms with Gasteiger partial charge in [-0.25, -0.2) is 4.39 Å². The number of hydrogen-bond donors (Lipinski definition) is 0. The average Bonchev–Trinajstić information content (AvgIpc) is 2.81. The number of methoxy groups -OCH3 is 1. The van der Waals surface area contributed by atoms with Crippen LogP contribution in [0.1, 0.15) is 41.3 Å². The SMILES string of the molecule is COc1ccc(CC(=O)N2CCCC(c3cccc(Cc4ccccc4F)n3)C2)cc1. The zero-order valence-electron chi connectivity index (χ0n) is 17.8. The van der Waals surface area contributed by atoms with Gasteiger partial charge in [0.15, 0.2) is 0 Å². The largest absolute Gasteiger partial charge is 0.497 e. The average molecular weight is 419 g/mol. The van der Waals surface area contributed by atoms with Crippen LogP contribution < -0.4 is 4.74 Å². The van der Waals surface area contributed by atoms with E-state index in [4.69, 9.17) is 9.72 Å². The molecule has 0 bridgehead atoms. The summed E-state index contributed by atoms with van der Waals surface area (Å²) in [5, 5.41) is 0. The molecule has 0 saturated carbocycles. The maximum absolute atomic E-state index is 14.0. The Balaban J connectivity index is 1.42. The van der Waals surface area contributed by atoms with E-state index in [2.05, 4.69) is 0 Å². The maximum atomic E-state index is 14.0. The summed E-state index contributed by atoms with van der Waals surface area (Å²) in [4.78, 5) is 19.6. The molecule has 1 aromatic heterocycles. The van der Waals surface area contributed by atoms with Crippen LogP contribution in [0.25, 0.3) is 0 Å². The number of nitrogens with zero attached hydrogens (tertiary/aromatic N) is 2. The van der Waals surface area contributed by atoms with Gasteiger partial charge in [-0.3, -0.25) is 9.78 Å². The van der Waals surface area contributed by atoms with E-state index in [1.807, 2.05) is 53.4 Å². The summed E-state index contributed by atoms with van der Waals surface area (Å²) < 4.78 is 19.2. The predicted molar refractivity (Wildman–Crippen MR) is 119 cm³/mol. The van der Waals surface area contributed by atoms with E-state index in [-0.39, 0.29) is 17.6 Å². The number of ether oxygens (including phenoxy) is 1. The molecule has 3 aromatic rings. The number of hydrogen-bond acceptors (Lipinski definition) is 3. The Kier molecular flexibility index (Phi) is 6.60. The normalized spacial score (nSPS) is 16.2. The highest BCUT2D eigenvalue weighted by Crippen LogP contribution is 2.27. The standard InChI is InChI=1S/C26H27FN2O2/c1-31-23-13-11-19(12-14-23)16-26(30)29-15-5-7-21(18-29)25-10-4-8-22(28-25)17-20-6-2-3-9-24(20)27/h2-4,6,8-14,21H,5,7,15-18H2,1H3. The van der Waals surface area contributed by atoms with Crippen LogP contribution in [-0.4, -0.2) is 36.0 Å².